The van der Waals surface area contributed by atoms with Crippen LogP contribution in [0.15, 0.2) is 146 Å². The molecule has 0 amide bonds. The Balaban J connectivity index is 1.39. The minimum Gasteiger partial charge on any atom is -0.306 e. The molecule has 0 N–H and O–H groups in total. The molecule has 4 nitrogen and oxygen atoms in total. The zero-order valence-corrected chi connectivity index (χ0v) is 24.6. The fourth-order valence-electron chi connectivity index (χ4n) is 7.87. The zero-order chi connectivity index (χ0) is 29.9. The predicted octanol–water partition coefficient (Wildman–Crippen LogP) is 10.7. The van der Waals surface area contributed by atoms with Crippen LogP contribution >= 0.6 is 0 Å². The van der Waals surface area contributed by atoms with Gasteiger partial charge in [0.2, 0.25) is 0 Å². The second-order valence-corrected chi connectivity index (χ2v) is 12.2. The van der Waals surface area contributed by atoms with Crippen molar-refractivity contribution in [1.82, 2.24) is 18.8 Å². The van der Waals surface area contributed by atoms with Crippen LogP contribution in [0.2, 0.25) is 0 Å². The molecule has 4 heteroatoms. The number of hydrogen-bond donors (Lipinski definition) is 0. The lowest BCUT2D eigenvalue weighted by Crippen LogP contribution is -1.96. The Morgan fingerprint density at radius 2 is 1.00 bits per heavy atom. The van der Waals surface area contributed by atoms with Crippen molar-refractivity contribution in [2.75, 3.05) is 0 Å². The van der Waals surface area contributed by atoms with E-state index in [4.69, 9.17) is 9.97 Å². The van der Waals surface area contributed by atoms with Crippen molar-refractivity contribution in [2.45, 2.75) is 0 Å². The molecule has 0 atom stereocenters. The highest BCUT2D eigenvalue weighted by atomic mass is 15.0. The van der Waals surface area contributed by atoms with Gasteiger partial charge in [-0.2, -0.15) is 0 Å². The maximum Gasteiger partial charge on any atom is 0.160 e. The third-order valence-electron chi connectivity index (χ3n) is 9.81. The summed E-state index contributed by atoms with van der Waals surface area (Å²) in [5.41, 5.74) is 11.2. The van der Waals surface area contributed by atoms with E-state index < -0.39 is 0 Å². The van der Waals surface area contributed by atoms with Crippen molar-refractivity contribution in [3.63, 3.8) is 0 Å². The summed E-state index contributed by atoms with van der Waals surface area (Å²) in [5.74, 6) is 0.730. The number of hydrogen-bond acceptors (Lipinski definition) is 2. The van der Waals surface area contributed by atoms with Crippen LogP contribution in [0.5, 0.6) is 0 Å². The molecule has 0 fully saturated rings. The second kappa shape index (κ2) is 8.68. The monoisotopic (exact) mass is 584 g/mol. The fraction of sp³-hybridized carbons (Fsp3) is 0. The minimum absolute atomic E-state index is 0.730. The van der Waals surface area contributed by atoms with Gasteiger partial charge in [-0.3, -0.25) is 0 Å². The molecule has 0 aliphatic carbocycles. The van der Waals surface area contributed by atoms with E-state index in [0.717, 1.165) is 44.6 Å². The molecule has 0 spiro atoms. The van der Waals surface area contributed by atoms with E-state index in [9.17, 15) is 0 Å². The summed E-state index contributed by atoms with van der Waals surface area (Å²) in [4.78, 5) is 10.2. The summed E-state index contributed by atoms with van der Waals surface area (Å²) in [6.45, 7) is 0. The molecular formula is C42H24N4. The first-order valence-corrected chi connectivity index (χ1v) is 15.7. The van der Waals surface area contributed by atoms with E-state index in [0.29, 0.717) is 0 Å². The number of para-hydroxylation sites is 3. The van der Waals surface area contributed by atoms with Gasteiger partial charge in [0.05, 0.1) is 44.3 Å². The Morgan fingerprint density at radius 3 is 1.72 bits per heavy atom. The van der Waals surface area contributed by atoms with E-state index in [1.807, 2.05) is 24.3 Å². The van der Waals surface area contributed by atoms with Crippen LogP contribution in [0, 0.1) is 0 Å². The molecule has 0 aliphatic rings. The number of fused-ring (bicyclic) bond motifs is 10. The van der Waals surface area contributed by atoms with Crippen molar-refractivity contribution in [3.05, 3.63) is 146 Å². The number of benzene rings is 7. The Labute approximate surface area is 262 Å². The minimum atomic E-state index is 0.730. The lowest BCUT2D eigenvalue weighted by Gasteiger charge is -2.11. The Kier molecular flexibility index (Phi) is 4.55. The van der Waals surface area contributed by atoms with Crippen LogP contribution in [0.3, 0.4) is 0 Å². The summed E-state index contributed by atoms with van der Waals surface area (Å²) >= 11 is 0. The molecule has 0 aliphatic heterocycles. The molecule has 0 bridgehead atoms. The van der Waals surface area contributed by atoms with Crippen LogP contribution in [-0.4, -0.2) is 18.8 Å². The van der Waals surface area contributed by atoms with Gasteiger partial charge in [0.15, 0.2) is 5.82 Å². The molecule has 4 aromatic heterocycles. The fourth-order valence-corrected chi connectivity index (χ4v) is 7.87. The third-order valence-corrected chi connectivity index (χ3v) is 9.81. The topological polar surface area (TPSA) is 34.6 Å². The highest BCUT2D eigenvalue weighted by molar-refractivity contribution is 6.29. The van der Waals surface area contributed by atoms with Crippen molar-refractivity contribution in [3.8, 4) is 22.6 Å². The van der Waals surface area contributed by atoms with E-state index in [2.05, 4.69) is 130 Å². The molecule has 11 aromatic rings. The molecule has 11 rings (SSSR count). The highest BCUT2D eigenvalue weighted by Gasteiger charge is 2.22. The molecule has 0 saturated carbocycles. The number of nitrogens with zero attached hydrogens (tertiary/aromatic N) is 4. The second-order valence-electron chi connectivity index (χ2n) is 12.2. The van der Waals surface area contributed by atoms with Gasteiger partial charge in [0.1, 0.15) is 0 Å². The van der Waals surface area contributed by atoms with Gasteiger partial charge in [-0.05, 0) is 35.7 Å². The van der Waals surface area contributed by atoms with E-state index in [-0.39, 0.29) is 0 Å². The Hall–Kier alpha value is -6.26. The van der Waals surface area contributed by atoms with Gasteiger partial charge in [0, 0.05) is 43.4 Å². The zero-order valence-electron chi connectivity index (χ0n) is 24.6. The number of rotatable bonds is 2. The molecule has 46 heavy (non-hydrogen) atoms. The molecular weight excluding hydrogens is 560 g/mol. The van der Waals surface area contributed by atoms with E-state index in [1.165, 1.54) is 54.4 Å². The average Bonchev–Trinajstić information content (AvgIpc) is 3.60. The van der Waals surface area contributed by atoms with Crippen molar-refractivity contribution < 1.29 is 0 Å². The van der Waals surface area contributed by atoms with Gasteiger partial charge in [0.25, 0.3) is 0 Å². The Bertz CT molecular complexity index is 3020. The summed E-state index contributed by atoms with van der Waals surface area (Å²) in [6.07, 6.45) is 0. The number of aromatic nitrogens is 4. The van der Waals surface area contributed by atoms with Crippen LogP contribution in [0.1, 0.15) is 0 Å². The summed E-state index contributed by atoms with van der Waals surface area (Å²) in [5, 5.41) is 8.65. The Morgan fingerprint density at radius 1 is 0.391 bits per heavy atom. The first-order chi connectivity index (χ1) is 22.8. The van der Waals surface area contributed by atoms with Crippen LogP contribution in [-0.2, 0) is 0 Å². The van der Waals surface area contributed by atoms with Crippen molar-refractivity contribution in [1.29, 1.82) is 0 Å². The average molecular weight is 585 g/mol. The highest BCUT2D eigenvalue weighted by Crippen LogP contribution is 2.44. The quantitative estimate of drug-likeness (QED) is 0.203. The van der Waals surface area contributed by atoms with E-state index in [1.54, 1.807) is 0 Å². The summed E-state index contributed by atoms with van der Waals surface area (Å²) in [6, 6.07) is 52.3. The van der Waals surface area contributed by atoms with Crippen molar-refractivity contribution >= 4 is 76.3 Å². The predicted molar refractivity (Wildman–Crippen MR) is 191 cm³/mol. The smallest absolute Gasteiger partial charge is 0.160 e. The van der Waals surface area contributed by atoms with Gasteiger partial charge in [-0.25, -0.2) is 9.97 Å². The first-order valence-electron chi connectivity index (χ1n) is 15.7. The van der Waals surface area contributed by atoms with Gasteiger partial charge in [-0.1, -0.05) is 115 Å². The molecule has 7 aromatic carbocycles. The largest absolute Gasteiger partial charge is 0.306 e. The first kappa shape index (κ1) is 24.1. The normalized spacial score (nSPS) is 12.3. The van der Waals surface area contributed by atoms with Gasteiger partial charge < -0.3 is 8.80 Å². The van der Waals surface area contributed by atoms with Crippen LogP contribution in [0.25, 0.3) is 99.0 Å². The van der Waals surface area contributed by atoms with Crippen LogP contribution < -0.4 is 0 Å². The van der Waals surface area contributed by atoms with Gasteiger partial charge >= 0.3 is 0 Å². The molecule has 0 saturated heterocycles. The molecule has 0 unspecified atom stereocenters. The standard InChI is InChI=1S/C42H24N4/c1-2-10-26(11-3-1)42-43-33-15-7-4-14-32(33)39(44-42)27-20-23-36-37(24-27)46-35-17-9-6-13-29(35)31-22-19-25-18-21-30-28-12-5-8-16-34(28)45(36)40(30)38(25)41(31)46/h1-24H. The molecule has 212 valence electrons. The van der Waals surface area contributed by atoms with Crippen LogP contribution in [0.4, 0.5) is 0 Å². The molecule has 0 radical (unpaired) electrons. The van der Waals surface area contributed by atoms with Gasteiger partial charge in [-0.15, -0.1) is 0 Å². The lowest BCUT2D eigenvalue weighted by atomic mass is 10.0. The van der Waals surface area contributed by atoms with Crippen molar-refractivity contribution in [2.24, 2.45) is 0 Å². The molecule has 4 heterocycles. The lowest BCUT2D eigenvalue weighted by molar-refractivity contribution is 1.23. The maximum absolute atomic E-state index is 5.24. The van der Waals surface area contributed by atoms with E-state index >= 15 is 0 Å². The third kappa shape index (κ3) is 3.03. The summed E-state index contributed by atoms with van der Waals surface area (Å²) < 4.78 is 4.98. The SMILES string of the molecule is c1ccc(-c2nc(-c3ccc4c(c3)n3c5ccccc5c5ccc6ccc7c8ccccc8n4c7c6c53)c3ccccc3n2)cc1. The summed E-state index contributed by atoms with van der Waals surface area (Å²) in [7, 11) is 0. The maximum atomic E-state index is 5.24.